The summed E-state index contributed by atoms with van der Waals surface area (Å²) in [5.74, 6) is 0.838. The number of rotatable bonds is 2. The van der Waals surface area contributed by atoms with Crippen LogP contribution in [0.5, 0.6) is 0 Å². The smallest absolute Gasteiger partial charge is 0.141 e. The van der Waals surface area contributed by atoms with Crippen LogP contribution in [-0.2, 0) is 0 Å². The molecule has 0 bridgehead atoms. The molecule has 0 saturated carbocycles. The number of benzene rings is 3. The van der Waals surface area contributed by atoms with Crippen molar-refractivity contribution in [3.63, 3.8) is 0 Å². The van der Waals surface area contributed by atoms with Crippen LogP contribution in [0.4, 0.5) is 11.5 Å². The van der Waals surface area contributed by atoms with Crippen LogP contribution in [0.1, 0.15) is 5.56 Å². The number of nitrogens with zero attached hydrogens (tertiary/aromatic N) is 2. The summed E-state index contributed by atoms with van der Waals surface area (Å²) in [7, 11) is 0. The van der Waals surface area contributed by atoms with Gasteiger partial charge in [0.1, 0.15) is 12.1 Å². The topological polar surface area (TPSA) is 37.8 Å². The van der Waals surface area contributed by atoms with Crippen LogP contribution in [0.3, 0.4) is 0 Å². The number of hydrogen-bond acceptors (Lipinski definition) is 3. The Balaban J connectivity index is 1.88. The first-order valence-electron chi connectivity index (χ1n) is 7.27. The van der Waals surface area contributed by atoms with Crippen LogP contribution >= 0.6 is 0 Å². The van der Waals surface area contributed by atoms with Gasteiger partial charge in [-0.05, 0) is 30.5 Å². The lowest BCUT2D eigenvalue weighted by atomic mass is 10.1. The molecule has 1 heterocycles. The van der Waals surface area contributed by atoms with Crippen molar-refractivity contribution >= 4 is 33.2 Å². The van der Waals surface area contributed by atoms with Gasteiger partial charge in [-0.1, -0.05) is 48.0 Å². The van der Waals surface area contributed by atoms with Crippen molar-refractivity contribution in [3.05, 3.63) is 72.6 Å². The molecule has 0 unspecified atom stereocenters. The Morgan fingerprint density at radius 1 is 0.818 bits per heavy atom. The maximum Gasteiger partial charge on any atom is 0.141 e. The standard InChI is InChI=1S/C19H15N3/c1-13-9-10-17-16(11-13)19(21-12-20-17)22-18-8-4-6-14-5-2-3-7-15(14)18/h2-12H,1H3,(H,20,21,22). The molecule has 0 saturated heterocycles. The normalized spacial score (nSPS) is 11.0. The number of anilines is 2. The second-order valence-electron chi connectivity index (χ2n) is 5.39. The highest BCUT2D eigenvalue weighted by Crippen LogP contribution is 2.28. The van der Waals surface area contributed by atoms with Gasteiger partial charge in [-0.3, -0.25) is 0 Å². The number of fused-ring (bicyclic) bond motifs is 2. The van der Waals surface area contributed by atoms with Crippen molar-refractivity contribution in [1.29, 1.82) is 0 Å². The summed E-state index contributed by atoms with van der Waals surface area (Å²) >= 11 is 0. The number of nitrogens with one attached hydrogen (secondary N) is 1. The van der Waals surface area contributed by atoms with E-state index in [1.54, 1.807) is 6.33 Å². The highest BCUT2D eigenvalue weighted by Gasteiger charge is 2.06. The third kappa shape index (κ3) is 2.17. The molecular formula is C19H15N3. The number of aryl methyl sites for hydroxylation is 1. The van der Waals surface area contributed by atoms with E-state index in [0.29, 0.717) is 0 Å². The molecule has 0 aliphatic heterocycles. The molecule has 0 spiro atoms. The molecule has 1 N–H and O–H groups in total. The Kier molecular flexibility index (Phi) is 2.97. The maximum atomic E-state index is 4.43. The van der Waals surface area contributed by atoms with Crippen LogP contribution in [0.25, 0.3) is 21.7 Å². The van der Waals surface area contributed by atoms with Crippen LogP contribution in [0.2, 0.25) is 0 Å². The van der Waals surface area contributed by atoms with Gasteiger partial charge in [0, 0.05) is 16.5 Å². The van der Waals surface area contributed by atoms with Crippen molar-refractivity contribution in [1.82, 2.24) is 9.97 Å². The highest BCUT2D eigenvalue weighted by molar-refractivity contribution is 5.98. The molecule has 0 amide bonds. The van der Waals surface area contributed by atoms with Gasteiger partial charge in [0.25, 0.3) is 0 Å². The fourth-order valence-corrected chi connectivity index (χ4v) is 2.73. The van der Waals surface area contributed by atoms with Crippen LogP contribution in [0, 0.1) is 6.92 Å². The molecular weight excluding hydrogens is 270 g/mol. The molecule has 0 fully saturated rings. The summed E-state index contributed by atoms with van der Waals surface area (Å²) in [6.45, 7) is 2.08. The lowest BCUT2D eigenvalue weighted by molar-refractivity contribution is 1.22. The summed E-state index contributed by atoms with van der Waals surface area (Å²) in [4.78, 5) is 8.76. The van der Waals surface area contributed by atoms with Crippen molar-refractivity contribution in [2.45, 2.75) is 6.92 Å². The second-order valence-corrected chi connectivity index (χ2v) is 5.39. The van der Waals surface area contributed by atoms with Gasteiger partial charge in [0.15, 0.2) is 0 Å². The molecule has 0 aliphatic rings. The lowest BCUT2D eigenvalue weighted by Crippen LogP contribution is -1.97. The van der Waals surface area contributed by atoms with E-state index < -0.39 is 0 Å². The lowest BCUT2D eigenvalue weighted by Gasteiger charge is -2.11. The molecule has 0 atom stereocenters. The van der Waals surface area contributed by atoms with Crippen LogP contribution in [-0.4, -0.2) is 9.97 Å². The van der Waals surface area contributed by atoms with E-state index in [1.807, 2.05) is 6.07 Å². The zero-order valence-corrected chi connectivity index (χ0v) is 12.2. The Bertz CT molecular complexity index is 971. The molecule has 106 valence electrons. The molecule has 22 heavy (non-hydrogen) atoms. The Morgan fingerprint density at radius 3 is 2.64 bits per heavy atom. The Labute approximate surface area is 128 Å². The summed E-state index contributed by atoms with van der Waals surface area (Å²) in [6.07, 6.45) is 1.60. The molecule has 3 heteroatoms. The van der Waals surface area contributed by atoms with Crippen molar-refractivity contribution in [3.8, 4) is 0 Å². The van der Waals surface area contributed by atoms with E-state index in [1.165, 1.54) is 16.3 Å². The monoisotopic (exact) mass is 285 g/mol. The minimum Gasteiger partial charge on any atom is -0.339 e. The fourth-order valence-electron chi connectivity index (χ4n) is 2.73. The molecule has 3 nitrogen and oxygen atoms in total. The van der Waals surface area contributed by atoms with Gasteiger partial charge < -0.3 is 5.32 Å². The van der Waals surface area contributed by atoms with Gasteiger partial charge in [0.05, 0.1) is 5.52 Å². The minimum absolute atomic E-state index is 0.838. The average Bonchev–Trinajstić information content (AvgIpc) is 2.56. The number of aromatic nitrogens is 2. The van der Waals surface area contributed by atoms with E-state index in [4.69, 9.17) is 0 Å². The quantitative estimate of drug-likeness (QED) is 0.573. The molecule has 3 aromatic carbocycles. The molecule has 4 rings (SSSR count). The van der Waals surface area contributed by atoms with E-state index in [2.05, 4.69) is 76.8 Å². The van der Waals surface area contributed by atoms with E-state index >= 15 is 0 Å². The zero-order valence-electron chi connectivity index (χ0n) is 12.2. The highest BCUT2D eigenvalue weighted by atomic mass is 15.0. The van der Waals surface area contributed by atoms with Gasteiger partial charge >= 0.3 is 0 Å². The summed E-state index contributed by atoms with van der Waals surface area (Å²) in [5, 5.41) is 6.90. The van der Waals surface area contributed by atoms with E-state index in [9.17, 15) is 0 Å². The van der Waals surface area contributed by atoms with Crippen molar-refractivity contribution in [2.75, 3.05) is 5.32 Å². The SMILES string of the molecule is Cc1ccc2ncnc(Nc3cccc4ccccc34)c2c1. The predicted molar refractivity (Wildman–Crippen MR) is 91.5 cm³/mol. The fraction of sp³-hybridized carbons (Fsp3) is 0.0526. The van der Waals surface area contributed by atoms with Gasteiger partial charge in [-0.25, -0.2) is 9.97 Å². The van der Waals surface area contributed by atoms with Gasteiger partial charge in [-0.15, -0.1) is 0 Å². The largest absolute Gasteiger partial charge is 0.339 e. The third-order valence-corrected chi connectivity index (χ3v) is 3.83. The van der Waals surface area contributed by atoms with Crippen LogP contribution < -0.4 is 5.32 Å². The van der Waals surface area contributed by atoms with Gasteiger partial charge in [0.2, 0.25) is 0 Å². The average molecular weight is 285 g/mol. The first-order chi connectivity index (χ1) is 10.8. The summed E-state index contributed by atoms with van der Waals surface area (Å²) in [6, 6.07) is 20.8. The maximum absolute atomic E-state index is 4.43. The molecule has 0 aliphatic carbocycles. The summed E-state index contributed by atoms with van der Waals surface area (Å²) in [5.41, 5.74) is 3.20. The van der Waals surface area contributed by atoms with Crippen LogP contribution in [0.15, 0.2) is 67.0 Å². The van der Waals surface area contributed by atoms with Crippen molar-refractivity contribution < 1.29 is 0 Å². The third-order valence-electron chi connectivity index (χ3n) is 3.83. The number of hydrogen-bond donors (Lipinski definition) is 1. The first-order valence-corrected chi connectivity index (χ1v) is 7.27. The Morgan fingerprint density at radius 2 is 1.68 bits per heavy atom. The first kappa shape index (κ1) is 12.8. The second kappa shape index (κ2) is 5.11. The van der Waals surface area contributed by atoms with E-state index in [0.717, 1.165) is 22.4 Å². The Hall–Kier alpha value is -2.94. The predicted octanol–water partition coefficient (Wildman–Crippen LogP) is 4.84. The molecule has 4 aromatic rings. The zero-order chi connectivity index (χ0) is 14.9. The van der Waals surface area contributed by atoms with Crippen molar-refractivity contribution in [2.24, 2.45) is 0 Å². The molecule has 1 aromatic heterocycles. The summed E-state index contributed by atoms with van der Waals surface area (Å²) < 4.78 is 0. The van der Waals surface area contributed by atoms with E-state index in [-0.39, 0.29) is 0 Å². The van der Waals surface area contributed by atoms with Gasteiger partial charge in [-0.2, -0.15) is 0 Å². The molecule has 0 radical (unpaired) electrons. The minimum atomic E-state index is 0.838.